The van der Waals surface area contributed by atoms with E-state index in [1.54, 1.807) is 11.3 Å². The van der Waals surface area contributed by atoms with Crippen molar-refractivity contribution in [2.24, 2.45) is 0 Å². The summed E-state index contributed by atoms with van der Waals surface area (Å²) in [7, 11) is 0. The highest BCUT2D eigenvalue weighted by molar-refractivity contribution is 7.98. The van der Waals surface area contributed by atoms with Gasteiger partial charge in [0.25, 0.3) is 0 Å². The van der Waals surface area contributed by atoms with E-state index in [9.17, 15) is 13.2 Å². The lowest BCUT2D eigenvalue weighted by molar-refractivity contribution is 0.449. The number of thiophene rings is 1. The van der Waals surface area contributed by atoms with Crippen molar-refractivity contribution in [3.05, 3.63) is 40.0 Å². The van der Waals surface area contributed by atoms with Crippen LogP contribution in [0.3, 0.4) is 0 Å². The first kappa shape index (κ1) is 16.7. The minimum absolute atomic E-state index is 0.137. The minimum atomic E-state index is -1.49. The van der Waals surface area contributed by atoms with Crippen molar-refractivity contribution >= 4 is 44.8 Å². The number of aryl methyl sites for hydroxylation is 2. The predicted molar refractivity (Wildman–Crippen MR) is 95.4 cm³/mol. The number of hydrogen-bond acceptors (Lipinski definition) is 5. The molecule has 1 N–H and O–H groups in total. The molecule has 2 aromatic heterocycles. The van der Waals surface area contributed by atoms with Crippen molar-refractivity contribution in [1.82, 2.24) is 9.97 Å². The van der Waals surface area contributed by atoms with Crippen LogP contribution in [0.4, 0.5) is 24.7 Å². The maximum Gasteiger partial charge on any atom is 0.196 e. The van der Waals surface area contributed by atoms with Gasteiger partial charge in [-0.3, -0.25) is 0 Å². The van der Waals surface area contributed by atoms with Crippen molar-refractivity contribution in [3.63, 3.8) is 0 Å². The molecule has 0 fully saturated rings. The highest BCUT2D eigenvalue weighted by Gasteiger charge is 2.22. The summed E-state index contributed by atoms with van der Waals surface area (Å²) in [5, 5.41) is 4.27. The standard InChI is InChI=1S/C17H14F3N3S2/c1-24-17-22-15(21-10-7-6-9(18)13(19)14(10)20)12-8-4-2-3-5-11(8)25-16(12)23-17/h6-7H,2-5H2,1H3,(H,21,22,23). The summed E-state index contributed by atoms with van der Waals surface area (Å²) in [6.45, 7) is 0. The van der Waals surface area contributed by atoms with Gasteiger partial charge < -0.3 is 5.32 Å². The Morgan fingerprint density at radius 1 is 1.08 bits per heavy atom. The first-order valence-corrected chi connectivity index (χ1v) is 9.89. The molecule has 0 saturated carbocycles. The number of aromatic nitrogens is 2. The van der Waals surface area contributed by atoms with Crippen LogP contribution in [0, 0.1) is 17.5 Å². The number of nitrogens with one attached hydrogen (secondary N) is 1. The number of anilines is 2. The highest BCUT2D eigenvalue weighted by atomic mass is 32.2. The fourth-order valence-corrected chi connectivity index (χ4v) is 4.75. The molecule has 3 nitrogen and oxygen atoms in total. The van der Waals surface area contributed by atoms with E-state index in [1.165, 1.54) is 28.3 Å². The third kappa shape index (κ3) is 2.87. The zero-order valence-electron chi connectivity index (χ0n) is 13.3. The summed E-state index contributed by atoms with van der Waals surface area (Å²) in [5.74, 6) is -3.51. The Balaban J connectivity index is 1.88. The first-order valence-electron chi connectivity index (χ1n) is 7.85. The molecule has 0 unspecified atom stereocenters. The number of halogens is 3. The van der Waals surface area contributed by atoms with Gasteiger partial charge in [-0.15, -0.1) is 11.3 Å². The maximum atomic E-state index is 14.1. The highest BCUT2D eigenvalue weighted by Crippen LogP contribution is 2.40. The molecule has 1 aromatic carbocycles. The Kier molecular flexibility index (Phi) is 4.33. The van der Waals surface area contributed by atoms with Crippen LogP contribution in [-0.4, -0.2) is 16.2 Å². The average Bonchev–Trinajstić information content (AvgIpc) is 3.00. The van der Waals surface area contributed by atoms with Crippen LogP contribution in [0.15, 0.2) is 17.3 Å². The zero-order chi connectivity index (χ0) is 17.6. The van der Waals surface area contributed by atoms with Gasteiger partial charge in [0.2, 0.25) is 0 Å². The first-order chi connectivity index (χ1) is 12.1. The predicted octanol–water partition coefficient (Wildman–Crippen LogP) is 5.45. The third-order valence-corrected chi connectivity index (χ3v) is 6.00. The fourth-order valence-electron chi connectivity index (χ4n) is 3.07. The molecule has 0 atom stereocenters. The monoisotopic (exact) mass is 381 g/mol. The normalized spacial score (nSPS) is 13.9. The lowest BCUT2D eigenvalue weighted by Gasteiger charge is -2.13. The second kappa shape index (κ2) is 6.49. The van der Waals surface area contributed by atoms with Crippen LogP contribution < -0.4 is 5.32 Å². The quantitative estimate of drug-likeness (QED) is 0.372. The second-order valence-electron chi connectivity index (χ2n) is 5.80. The van der Waals surface area contributed by atoms with Gasteiger partial charge in [-0.2, -0.15) is 0 Å². The van der Waals surface area contributed by atoms with Crippen molar-refractivity contribution < 1.29 is 13.2 Å². The van der Waals surface area contributed by atoms with Crippen LogP contribution in [0.2, 0.25) is 0 Å². The van der Waals surface area contributed by atoms with Gasteiger partial charge in [-0.25, -0.2) is 23.1 Å². The van der Waals surface area contributed by atoms with E-state index < -0.39 is 17.5 Å². The molecule has 0 bridgehead atoms. The summed E-state index contributed by atoms with van der Waals surface area (Å²) in [6, 6.07) is 2.08. The zero-order valence-corrected chi connectivity index (χ0v) is 15.0. The van der Waals surface area contributed by atoms with Crippen LogP contribution in [-0.2, 0) is 12.8 Å². The van der Waals surface area contributed by atoms with Crippen molar-refractivity contribution in [2.75, 3.05) is 11.6 Å². The van der Waals surface area contributed by atoms with E-state index in [4.69, 9.17) is 0 Å². The molecule has 4 rings (SSSR count). The largest absolute Gasteiger partial charge is 0.337 e. The van der Waals surface area contributed by atoms with E-state index in [0.29, 0.717) is 11.0 Å². The molecule has 130 valence electrons. The molecule has 8 heteroatoms. The number of thioether (sulfide) groups is 1. The lowest BCUT2D eigenvalue weighted by Crippen LogP contribution is -2.04. The summed E-state index contributed by atoms with van der Waals surface area (Å²) >= 11 is 3.01. The summed E-state index contributed by atoms with van der Waals surface area (Å²) in [6.07, 6.45) is 6.01. The number of benzene rings is 1. The average molecular weight is 381 g/mol. The van der Waals surface area contributed by atoms with Crippen LogP contribution in [0.25, 0.3) is 10.2 Å². The number of rotatable bonds is 3. The topological polar surface area (TPSA) is 37.8 Å². The van der Waals surface area contributed by atoms with Crippen LogP contribution in [0.1, 0.15) is 23.3 Å². The Labute approximate surface area is 150 Å². The SMILES string of the molecule is CSc1nc(Nc2ccc(F)c(F)c2F)c2c3c(sc2n1)CCCC3. The molecular formula is C17H14F3N3S2. The van der Waals surface area contributed by atoms with Gasteiger partial charge in [-0.1, -0.05) is 11.8 Å². The molecule has 0 spiro atoms. The molecule has 1 aliphatic rings. The van der Waals surface area contributed by atoms with Gasteiger partial charge in [0.15, 0.2) is 22.6 Å². The number of hydrogen-bond donors (Lipinski definition) is 1. The molecule has 2 heterocycles. The smallest absolute Gasteiger partial charge is 0.196 e. The van der Waals surface area contributed by atoms with Gasteiger partial charge in [-0.05, 0) is 49.6 Å². The fraction of sp³-hybridized carbons (Fsp3) is 0.294. The van der Waals surface area contributed by atoms with E-state index in [-0.39, 0.29) is 5.69 Å². The third-order valence-electron chi connectivity index (χ3n) is 4.26. The Bertz CT molecular complexity index is 972. The summed E-state index contributed by atoms with van der Waals surface area (Å²) < 4.78 is 40.8. The molecule has 0 saturated heterocycles. The molecular weight excluding hydrogens is 367 g/mol. The van der Waals surface area contributed by atoms with E-state index in [0.717, 1.165) is 42.0 Å². The lowest BCUT2D eigenvalue weighted by atomic mass is 9.97. The van der Waals surface area contributed by atoms with Gasteiger partial charge in [0.1, 0.15) is 10.6 Å². The van der Waals surface area contributed by atoms with Crippen LogP contribution in [0.5, 0.6) is 0 Å². The van der Waals surface area contributed by atoms with E-state index in [2.05, 4.69) is 15.3 Å². The maximum absolute atomic E-state index is 14.1. The van der Waals surface area contributed by atoms with Crippen molar-refractivity contribution in [3.8, 4) is 0 Å². The van der Waals surface area contributed by atoms with E-state index in [1.807, 2.05) is 6.26 Å². The van der Waals surface area contributed by atoms with Gasteiger partial charge in [0, 0.05) is 4.88 Å². The van der Waals surface area contributed by atoms with Gasteiger partial charge in [0.05, 0.1) is 11.1 Å². The Morgan fingerprint density at radius 2 is 1.88 bits per heavy atom. The minimum Gasteiger partial charge on any atom is -0.337 e. The molecule has 1 aliphatic carbocycles. The molecule has 25 heavy (non-hydrogen) atoms. The number of fused-ring (bicyclic) bond motifs is 3. The van der Waals surface area contributed by atoms with E-state index >= 15 is 0 Å². The summed E-state index contributed by atoms with van der Waals surface area (Å²) in [5.41, 5.74) is 1.05. The molecule has 0 amide bonds. The van der Waals surface area contributed by atoms with Gasteiger partial charge >= 0.3 is 0 Å². The molecule has 0 radical (unpaired) electrons. The Morgan fingerprint density at radius 3 is 2.68 bits per heavy atom. The van der Waals surface area contributed by atoms with Crippen LogP contribution >= 0.6 is 23.1 Å². The number of nitrogens with zero attached hydrogens (tertiary/aromatic N) is 2. The molecule has 3 aromatic rings. The summed E-state index contributed by atoms with van der Waals surface area (Å²) in [4.78, 5) is 11.1. The molecule has 0 aliphatic heterocycles. The Hall–Kier alpha value is -1.80. The van der Waals surface area contributed by atoms with Crippen molar-refractivity contribution in [1.29, 1.82) is 0 Å². The van der Waals surface area contributed by atoms with Crippen molar-refractivity contribution in [2.45, 2.75) is 30.8 Å². The second-order valence-corrected chi connectivity index (χ2v) is 7.65.